The van der Waals surface area contributed by atoms with E-state index in [2.05, 4.69) is 12.1 Å². The second-order valence-electron chi connectivity index (χ2n) is 6.06. The third-order valence-corrected chi connectivity index (χ3v) is 4.72. The molecule has 2 N–H and O–H groups in total. The van der Waals surface area contributed by atoms with Crippen LogP contribution in [0.4, 0.5) is 0 Å². The van der Waals surface area contributed by atoms with Gasteiger partial charge in [-0.15, -0.1) is 0 Å². The molecule has 1 aromatic rings. The lowest BCUT2D eigenvalue weighted by molar-refractivity contribution is -0.148. The molecule has 3 rings (SSSR count). The van der Waals surface area contributed by atoms with E-state index < -0.39 is 0 Å². The van der Waals surface area contributed by atoms with Crippen LogP contribution in [0.2, 0.25) is 0 Å². The smallest absolute Gasteiger partial charge is 0.227 e. The Morgan fingerprint density at radius 1 is 1.33 bits per heavy atom. The van der Waals surface area contributed by atoms with E-state index >= 15 is 0 Å². The van der Waals surface area contributed by atoms with Gasteiger partial charge in [0.05, 0.1) is 24.7 Å². The van der Waals surface area contributed by atoms with Crippen LogP contribution in [0, 0.1) is 5.92 Å². The Hall–Kier alpha value is -1.39. The fourth-order valence-corrected chi connectivity index (χ4v) is 3.60. The van der Waals surface area contributed by atoms with Crippen molar-refractivity contribution < 1.29 is 9.53 Å². The third kappa shape index (κ3) is 3.11. The molecule has 2 fully saturated rings. The minimum Gasteiger partial charge on any atom is -0.374 e. The SMILES string of the molecule is NCC(Cc1ccccc1)C(=O)N1CCOC2CCCC21. The van der Waals surface area contributed by atoms with Crippen molar-refractivity contribution in [2.24, 2.45) is 11.7 Å². The molecular formula is C17H24N2O2. The summed E-state index contributed by atoms with van der Waals surface area (Å²) in [6.45, 7) is 1.78. The summed E-state index contributed by atoms with van der Waals surface area (Å²) in [6, 6.07) is 10.4. The Labute approximate surface area is 126 Å². The molecule has 0 spiro atoms. The van der Waals surface area contributed by atoms with Crippen LogP contribution in [-0.4, -0.2) is 42.6 Å². The van der Waals surface area contributed by atoms with Crippen molar-refractivity contribution in [1.29, 1.82) is 0 Å². The largest absolute Gasteiger partial charge is 0.374 e. The molecule has 21 heavy (non-hydrogen) atoms. The van der Waals surface area contributed by atoms with E-state index in [1.165, 1.54) is 5.56 Å². The van der Waals surface area contributed by atoms with Crippen molar-refractivity contribution in [3.8, 4) is 0 Å². The lowest BCUT2D eigenvalue weighted by atomic mass is 9.96. The summed E-state index contributed by atoms with van der Waals surface area (Å²) in [5.41, 5.74) is 7.06. The number of nitrogens with two attached hydrogens (primary N) is 1. The van der Waals surface area contributed by atoms with E-state index in [1.54, 1.807) is 0 Å². The van der Waals surface area contributed by atoms with Crippen LogP contribution >= 0.6 is 0 Å². The molecule has 3 unspecified atom stereocenters. The molecule has 2 aliphatic rings. The Morgan fingerprint density at radius 3 is 2.90 bits per heavy atom. The number of carbonyl (C=O) groups excluding carboxylic acids is 1. The monoisotopic (exact) mass is 288 g/mol. The van der Waals surface area contributed by atoms with Crippen molar-refractivity contribution in [3.05, 3.63) is 35.9 Å². The summed E-state index contributed by atoms with van der Waals surface area (Å²) in [5.74, 6) is 0.0910. The lowest BCUT2D eigenvalue weighted by Crippen LogP contribution is -2.54. The number of hydrogen-bond acceptors (Lipinski definition) is 3. The fraction of sp³-hybridized carbons (Fsp3) is 0.588. The number of fused-ring (bicyclic) bond motifs is 1. The maximum Gasteiger partial charge on any atom is 0.227 e. The average Bonchev–Trinajstić information content (AvgIpc) is 3.01. The second kappa shape index (κ2) is 6.58. The van der Waals surface area contributed by atoms with Gasteiger partial charge in [-0.1, -0.05) is 30.3 Å². The van der Waals surface area contributed by atoms with Gasteiger partial charge in [0.25, 0.3) is 0 Å². The highest BCUT2D eigenvalue weighted by Crippen LogP contribution is 2.30. The number of carbonyl (C=O) groups is 1. The van der Waals surface area contributed by atoms with Crippen molar-refractivity contribution >= 4 is 5.91 Å². The summed E-state index contributed by atoms with van der Waals surface area (Å²) in [4.78, 5) is 14.9. The van der Waals surface area contributed by atoms with Gasteiger partial charge in [0, 0.05) is 13.1 Å². The highest BCUT2D eigenvalue weighted by molar-refractivity contribution is 5.80. The van der Waals surface area contributed by atoms with E-state index in [0.717, 1.165) is 25.7 Å². The first-order valence-electron chi connectivity index (χ1n) is 7.95. The van der Waals surface area contributed by atoms with Gasteiger partial charge >= 0.3 is 0 Å². The molecule has 1 aliphatic carbocycles. The Morgan fingerprint density at radius 2 is 2.14 bits per heavy atom. The molecule has 0 bridgehead atoms. The number of rotatable bonds is 4. The number of ether oxygens (including phenoxy) is 1. The summed E-state index contributed by atoms with van der Waals surface area (Å²) in [6.07, 6.45) is 4.29. The van der Waals surface area contributed by atoms with Gasteiger partial charge in [-0.25, -0.2) is 0 Å². The van der Waals surface area contributed by atoms with Crippen molar-refractivity contribution in [1.82, 2.24) is 4.90 Å². The fourth-order valence-electron chi connectivity index (χ4n) is 3.60. The Kier molecular flexibility index (Phi) is 4.56. The van der Waals surface area contributed by atoms with Crippen molar-refractivity contribution in [3.63, 3.8) is 0 Å². The van der Waals surface area contributed by atoms with E-state index in [-0.39, 0.29) is 24.0 Å². The highest BCUT2D eigenvalue weighted by Gasteiger charge is 2.39. The molecule has 114 valence electrons. The summed E-state index contributed by atoms with van der Waals surface area (Å²) in [5, 5.41) is 0. The number of benzene rings is 1. The molecule has 1 amide bonds. The summed E-state index contributed by atoms with van der Waals surface area (Å²) < 4.78 is 5.79. The maximum atomic E-state index is 12.9. The van der Waals surface area contributed by atoms with Crippen LogP contribution in [0.3, 0.4) is 0 Å². The summed E-state index contributed by atoms with van der Waals surface area (Å²) >= 11 is 0. The second-order valence-corrected chi connectivity index (χ2v) is 6.06. The highest BCUT2D eigenvalue weighted by atomic mass is 16.5. The average molecular weight is 288 g/mol. The predicted octanol–water partition coefficient (Wildman–Crippen LogP) is 1.58. The number of amides is 1. The normalized spacial score (nSPS) is 26.4. The van der Waals surface area contributed by atoms with Crippen LogP contribution in [-0.2, 0) is 16.0 Å². The van der Waals surface area contributed by atoms with Gasteiger partial charge in [-0.2, -0.15) is 0 Å². The van der Waals surface area contributed by atoms with Gasteiger partial charge in [0.2, 0.25) is 5.91 Å². The van der Waals surface area contributed by atoms with E-state index in [9.17, 15) is 4.79 Å². The zero-order chi connectivity index (χ0) is 14.7. The molecule has 3 atom stereocenters. The van der Waals surface area contributed by atoms with Crippen LogP contribution in [0.1, 0.15) is 24.8 Å². The maximum absolute atomic E-state index is 12.9. The van der Waals surface area contributed by atoms with Crippen molar-refractivity contribution in [2.75, 3.05) is 19.7 Å². The molecule has 1 aromatic carbocycles. The van der Waals surface area contributed by atoms with Gasteiger partial charge in [-0.05, 0) is 31.2 Å². The lowest BCUT2D eigenvalue weighted by Gasteiger charge is -2.39. The number of hydrogen-bond donors (Lipinski definition) is 1. The van der Waals surface area contributed by atoms with E-state index in [1.807, 2.05) is 23.1 Å². The molecule has 1 saturated carbocycles. The molecule has 0 aromatic heterocycles. The molecule has 4 heteroatoms. The number of nitrogens with zero attached hydrogens (tertiary/aromatic N) is 1. The first kappa shape index (κ1) is 14.5. The van der Waals surface area contributed by atoms with Gasteiger partial charge in [0.15, 0.2) is 0 Å². The third-order valence-electron chi connectivity index (χ3n) is 4.72. The van der Waals surface area contributed by atoms with Crippen molar-refractivity contribution in [2.45, 2.75) is 37.8 Å². The Bertz CT molecular complexity index is 477. The standard InChI is InChI=1S/C17H24N2O2/c18-12-14(11-13-5-2-1-3-6-13)17(20)19-9-10-21-16-8-4-7-15(16)19/h1-3,5-6,14-16H,4,7-12,18H2. The topological polar surface area (TPSA) is 55.6 Å². The van der Waals surface area contributed by atoms with Crippen LogP contribution < -0.4 is 5.73 Å². The molecule has 4 nitrogen and oxygen atoms in total. The van der Waals surface area contributed by atoms with Crippen LogP contribution in [0.5, 0.6) is 0 Å². The molecule has 1 heterocycles. The van der Waals surface area contributed by atoms with Crippen LogP contribution in [0.25, 0.3) is 0 Å². The first-order chi connectivity index (χ1) is 10.3. The van der Waals surface area contributed by atoms with Crippen LogP contribution in [0.15, 0.2) is 30.3 Å². The van der Waals surface area contributed by atoms with Gasteiger partial charge in [0.1, 0.15) is 0 Å². The van der Waals surface area contributed by atoms with Gasteiger partial charge < -0.3 is 15.4 Å². The molecule has 1 saturated heterocycles. The molecule has 1 aliphatic heterocycles. The first-order valence-corrected chi connectivity index (χ1v) is 7.95. The predicted molar refractivity (Wildman–Crippen MR) is 81.8 cm³/mol. The summed E-state index contributed by atoms with van der Waals surface area (Å²) in [7, 11) is 0. The minimum atomic E-state index is -0.119. The van der Waals surface area contributed by atoms with E-state index in [0.29, 0.717) is 19.7 Å². The quantitative estimate of drug-likeness (QED) is 0.915. The molecule has 0 radical (unpaired) electrons. The minimum absolute atomic E-state index is 0.119. The zero-order valence-corrected chi connectivity index (χ0v) is 12.4. The zero-order valence-electron chi connectivity index (χ0n) is 12.4. The Balaban J connectivity index is 1.69. The number of morpholine rings is 1. The van der Waals surface area contributed by atoms with Gasteiger partial charge in [-0.3, -0.25) is 4.79 Å². The van der Waals surface area contributed by atoms with E-state index in [4.69, 9.17) is 10.5 Å². The molecular weight excluding hydrogens is 264 g/mol.